The second-order valence-corrected chi connectivity index (χ2v) is 8.22. The number of amides is 1. The number of carbonyl (C=O) groups is 1. The molecule has 0 radical (unpaired) electrons. The molecule has 0 spiro atoms. The predicted molar refractivity (Wildman–Crippen MR) is 110 cm³/mol. The lowest BCUT2D eigenvalue weighted by Gasteiger charge is -2.27. The van der Waals surface area contributed by atoms with Crippen molar-refractivity contribution in [2.45, 2.75) is 37.6 Å². The van der Waals surface area contributed by atoms with Crippen LogP contribution >= 0.6 is 23.4 Å². The first-order valence-electron chi connectivity index (χ1n) is 9.31. The number of H-pyrrole nitrogens is 1. The Balaban J connectivity index is 1.65. The Morgan fingerprint density at radius 2 is 2.17 bits per heavy atom. The number of hydrogen-bond donors (Lipinski definition) is 2. The Morgan fingerprint density at radius 1 is 1.40 bits per heavy atom. The predicted octanol–water partition coefficient (Wildman–Crippen LogP) is 3.94. The SMILES string of the molecule is CCCN1CCc2nc(SCC(=O)Nc3cc(C(F)(F)F)ccc3Cl)[nH]c(=O)c2C1. The maximum absolute atomic E-state index is 12.8. The molecule has 3 rings (SSSR count). The highest BCUT2D eigenvalue weighted by molar-refractivity contribution is 7.99. The smallest absolute Gasteiger partial charge is 0.324 e. The average Bonchev–Trinajstić information content (AvgIpc) is 2.68. The van der Waals surface area contributed by atoms with Crippen molar-refractivity contribution < 1.29 is 18.0 Å². The van der Waals surface area contributed by atoms with Gasteiger partial charge < -0.3 is 10.3 Å². The lowest BCUT2D eigenvalue weighted by atomic mass is 10.1. The summed E-state index contributed by atoms with van der Waals surface area (Å²) in [5.74, 6) is -0.702. The van der Waals surface area contributed by atoms with Crippen LogP contribution in [0.25, 0.3) is 0 Å². The minimum atomic E-state index is -4.54. The zero-order valence-electron chi connectivity index (χ0n) is 16.1. The van der Waals surface area contributed by atoms with Crippen molar-refractivity contribution in [3.05, 3.63) is 50.4 Å². The van der Waals surface area contributed by atoms with Gasteiger partial charge in [-0.3, -0.25) is 14.5 Å². The Hall–Kier alpha value is -2.04. The van der Waals surface area contributed by atoms with E-state index in [1.807, 2.05) is 0 Å². The molecule has 2 aromatic rings. The Morgan fingerprint density at radius 3 is 2.87 bits per heavy atom. The van der Waals surface area contributed by atoms with E-state index >= 15 is 0 Å². The molecule has 1 aliphatic rings. The number of thioether (sulfide) groups is 1. The fraction of sp³-hybridized carbons (Fsp3) is 0.421. The van der Waals surface area contributed by atoms with Crippen molar-refractivity contribution >= 4 is 35.0 Å². The molecule has 6 nitrogen and oxygen atoms in total. The van der Waals surface area contributed by atoms with Gasteiger partial charge in [0.25, 0.3) is 5.56 Å². The van der Waals surface area contributed by atoms with Crippen molar-refractivity contribution in [2.75, 3.05) is 24.2 Å². The molecule has 0 unspecified atom stereocenters. The first kappa shape index (κ1) is 22.6. The van der Waals surface area contributed by atoms with Crippen LogP contribution in [0.1, 0.15) is 30.2 Å². The van der Waals surface area contributed by atoms with E-state index in [1.54, 1.807) is 0 Å². The van der Waals surface area contributed by atoms with Crippen LogP contribution in [-0.2, 0) is 23.9 Å². The second kappa shape index (κ2) is 9.40. The van der Waals surface area contributed by atoms with Gasteiger partial charge in [0.05, 0.1) is 33.3 Å². The topological polar surface area (TPSA) is 78.1 Å². The minimum absolute atomic E-state index is 0.00158. The summed E-state index contributed by atoms with van der Waals surface area (Å²) < 4.78 is 38.5. The quantitative estimate of drug-likeness (QED) is 0.504. The van der Waals surface area contributed by atoms with Gasteiger partial charge in [0, 0.05) is 19.5 Å². The van der Waals surface area contributed by atoms with E-state index in [1.165, 1.54) is 0 Å². The number of hydrogen-bond acceptors (Lipinski definition) is 5. The number of aromatic amines is 1. The van der Waals surface area contributed by atoms with Gasteiger partial charge in [0.2, 0.25) is 5.91 Å². The summed E-state index contributed by atoms with van der Waals surface area (Å²) in [5, 5.41) is 2.67. The summed E-state index contributed by atoms with van der Waals surface area (Å²) >= 11 is 6.89. The highest BCUT2D eigenvalue weighted by Gasteiger charge is 2.31. The molecule has 162 valence electrons. The number of aromatic nitrogens is 2. The van der Waals surface area contributed by atoms with Gasteiger partial charge >= 0.3 is 6.18 Å². The second-order valence-electron chi connectivity index (χ2n) is 6.85. The molecule has 0 aliphatic carbocycles. The summed E-state index contributed by atoms with van der Waals surface area (Å²) in [4.78, 5) is 33.9. The zero-order chi connectivity index (χ0) is 21.9. The van der Waals surface area contributed by atoms with Gasteiger partial charge in [0.15, 0.2) is 5.16 Å². The molecule has 2 heterocycles. The molecule has 0 atom stereocenters. The lowest BCUT2D eigenvalue weighted by Crippen LogP contribution is -2.36. The fourth-order valence-electron chi connectivity index (χ4n) is 3.15. The number of benzene rings is 1. The van der Waals surface area contributed by atoms with E-state index in [2.05, 4.69) is 27.1 Å². The van der Waals surface area contributed by atoms with Crippen LogP contribution in [0.4, 0.5) is 18.9 Å². The summed E-state index contributed by atoms with van der Waals surface area (Å²) in [7, 11) is 0. The Kier molecular flexibility index (Phi) is 7.10. The summed E-state index contributed by atoms with van der Waals surface area (Å²) in [6.07, 6.45) is -2.89. The van der Waals surface area contributed by atoms with Gasteiger partial charge in [-0.05, 0) is 31.2 Å². The van der Waals surface area contributed by atoms with Crippen LogP contribution in [0.2, 0.25) is 5.02 Å². The van der Waals surface area contributed by atoms with Crippen molar-refractivity contribution in [2.24, 2.45) is 0 Å². The molecule has 1 aromatic heterocycles. The van der Waals surface area contributed by atoms with Crippen molar-refractivity contribution in [1.29, 1.82) is 0 Å². The zero-order valence-corrected chi connectivity index (χ0v) is 17.7. The maximum Gasteiger partial charge on any atom is 0.416 e. The highest BCUT2D eigenvalue weighted by Crippen LogP contribution is 2.34. The number of nitrogens with one attached hydrogen (secondary N) is 2. The highest BCUT2D eigenvalue weighted by atomic mass is 35.5. The standard InChI is InChI=1S/C19H20ClF3N4O2S/c1-2-6-27-7-5-14-12(9-27)17(29)26-18(25-14)30-10-16(28)24-15-8-11(19(21,22)23)3-4-13(15)20/h3-4,8H,2,5-7,9-10H2,1H3,(H,24,28)(H,25,26,29). The van der Waals surface area contributed by atoms with Gasteiger partial charge in [-0.2, -0.15) is 13.2 Å². The van der Waals surface area contributed by atoms with Crippen LogP contribution in [0, 0.1) is 0 Å². The van der Waals surface area contributed by atoms with E-state index in [0.29, 0.717) is 23.7 Å². The Bertz CT molecular complexity index is 997. The van der Waals surface area contributed by atoms with Crippen LogP contribution < -0.4 is 10.9 Å². The molecule has 2 N–H and O–H groups in total. The first-order chi connectivity index (χ1) is 14.2. The number of alkyl halides is 3. The Labute approximate surface area is 180 Å². The van der Waals surface area contributed by atoms with E-state index < -0.39 is 17.6 Å². The van der Waals surface area contributed by atoms with Gasteiger partial charge in [0.1, 0.15) is 0 Å². The number of carbonyl (C=O) groups excluding carboxylic acids is 1. The monoisotopic (exact) mass is 460 g/mol. The molecule has 0 bridgehead atoms. The van der Waals surface area contributed by atoms with Crippen LogP contribution in [-0.4, -0.2) is 39.6 Å². The van der Waals surface area contributed by atoms with E-state index in [4.69, 9.17) is 11.6 Å². The fourth-order valence-corrected chi connectivity index (χ4v) is 4.00. The van der Waals surface area contributed by atoms with Crippen LogP contribution in [0.15, 0.2) is 28.2 Å². The molecule has 0 saturated heterocycles. The molecule has 0 fully saturated rings. The van der Waals surface area contributed by atoms with E-state index in [-0.39, 0.29) is 22.0 Å². The summed E-state index contributed by atoms with van der Waals surface area (Å²) in [6.45, 7) is 4.35. The molecular formula is C19H20ClF3N4O2S. The maximum atomic E-state index is 12.8. The molecule has 1 aromatic carbocycles. The molecular weight excluding hydrogens is 441 g/mol. The van der Waals surface area contributed by atoms with Crippen molar-refractivity contribution in [3.8, 4) is 0 Å². The largest absolute Gasteiger partial charge is 0.416 e. The molecule has 30 heavy (non-hydrogen) atoms. The van der Waals surface area contributed by atoms with Crippen molar-refractivity contribution in [1.82, 2.24) is 14.9 Å². The third kappa shape index (κ3) is 5.55. The lowest BCUT2D eigenvalue weighted by molar-refractivity contribution is -0.137. The van der Waals surface area contributed by atoms with E-state index in [0.717, 1.165) is 55.2 Å². The van der Waals surface area contributed by atoms with Crippen LogP contribution in [0.5, 0.6) is 0 Å². The van der Waals surface area contributed by atoms with Gasteiger partial charge in [-0.25, -0.2) is 4.98 Å². The number of rotatable bonds is 6. The normalized spacial score (nSPS) is 14.4. The van der Waals surface area contributed by atoms with Crippen molar-refractivity contribution in [3.63, 3.8) is 0 Å². The number of nitrogens with zero attached hydrogens (tertiary/aromatic N) is 2. The van der Waals surface area contributed by atoms with Gasteiger partial charge in [-0.1, -0.05) is 30.3 Å². The average molecular weight is 461 g/mol. The molecule has 0 saturated carbocycles. The van der Waals surface area contributed by atoms with Gasteiger partial charge in [-0.15, -0.1) is 0 Å². The summed E-state index contributed by atoms with van der Waals surface area (Å²) in [5.41, 5.74) is 0.0893. The number of fused-ring (bicyclic) bond motifs is 1. The third-order valence-corrected chi connectivity index (χ3v) is 5.78. The first-order valence-corrected chi connectivity index (χ1v) is 10.7. The number of anilines is 1. The molecule has 11 heteroatoms. The molecule has 1 amide bonds. The third-order valence-electron chi connectivity index (χ3n) is 4.57. The minimum Gasteiger partial charge on any atom is -0.324 e. The molecule has 1 aliphatic heterocycles. The summed E-state index contributed by atoms with van der Waals surface area (Å²) in [6, 6.07) is 2.71. The van der Waals surface area contributed by atoms with E-state index in [9.17, 15) is 22.8 Å². The van der Waals surface area contributed by atoms with Crippen LogP contribution in [0.3, 0.4) is 0 Å². The number of halogens is 4.